The molecule has 3 aromatic rings. The van der Waals surface area contributed by atoms with E-state index in [-0.39, 0.29) is 11.8 Å². The summed E-state index contributed by atoms with van der Waals surface area (Å²) in [6.45, 7) is 2.65. The van der Waals surface area contributed by atoms with Crippen LogP contribution in [0.25, 0.3) is 11.1 Å². The monoisotopic (exact) mass is 430 g/mol. The van der Waals surface area contributed by atoms with Crippen LogP contribution in [0.2, 0.25) is 0 Å². The number of fused-ring (bicyclic) bond motifs is 1. The highest BCUT2D eigenvalue weighted by Crippen LogP contribution is 2.33. The molecule has 32 heavy (non-hydrogen) atoms. The Morgan fingerprint density at radius 2 is 1.72 bits per heavy atom. The van der Waals surface area contributed by atoms with Crippen molar-refractivity contribution in [3.8, 4) is 22.6 Å². The van der Waals surface area contributed by atoms with Gasteiger partial charge in [-0.05, 0) is 53.4 Å². The molecule has 0 aliphatic carbocycles. The van der Waals surface area contributed by atoms with E-state index < -0.39 is 0 Å². The SMILES string of the molecule is COc1cccc(CNC(=O)c2ccc(-c3ccc4c(c3)CCN4C(C)=O)cc2)c1OC. The summed E-state index contributed by atoms with van der Waals surface area (Å²) in [5.74, 6) is 1.15. The largest absolute Gasteiger partial charge is 0.493 e. The maximum atomic E-state index is 12.7. The van der Waals surface area contributed by atoms with Crippen LogP contribution in [0.1, 0.15) is 28.4 Å². The number of ether oxygens (including phenoxy) is 2. The van der Waals surface area contributed by atoms with Crippen LogP contribution in [0.3, 0.4) is 0 Å². The van der Waals surface area contributed by atoms with E-state index in [1.165, 1.54) is 5.56 Å². The average Bonchev–Trinajstić information content (AvgIpc) is 3.26. The third-order valence-electron chi connectivity index (χ3n) is 5.76. The van der Waals surface area contributed by atoms with Crippen LogP contribution < -0.4 is 19.7 Å². The molecule has 0 bridgehead atoms. The fourth-order valence-electron chi connectivity index (χ4n) is 4.09. The molecule has 3 aromatic carbocycles. The van der Waals surface area contributed by atoms with E-state index in [9.17, 15) is 9.59 Å². The van der Waals surface area contributed by atoms with Crippen LogP contribution in [0.5, 0.6) is 11.5 Å². The maximum absolute atomic E-state index is 12.7. The molecular formula is C26H26N2O4. The molecule has 1 N–H and O–H groups in total. The summed E-state index contributed by atoms with van der Waals surface area (Å²) in [5, 5.41) is 2.94. The van der Waals surface area contributed by atoms with Crippen molar-refractivity contribution in [3.05, 3.63) is 77.4 Å². The van der Waals surface area contributed by atoms with Gasteiger partial charge in [-0.3, -0.25) is 9.59 Å². The second-order valence-electron chi connectivity index (χ2n) is 7.68. The van der Waals surface area contributed by atoms with Crippen LogP contribution >= 0.6 is 0 Å². The van der Waals surface area contributed by atoms with E-state index in [4.69, 9.17) is 9.47 Å². The lowest BCUT2D eigenvalue weighted by Crippen LogP contribution is -2.25. The van der Waals surface area contributed by atoms with Crippen LogP contribution in [0.15, 0.2) is 60.7 Å². The lowest BCUT2D eigenvalue weighted by molar-refractivity contribution is -0.116. The number of para-hydroxylation sites is 1. The van der Waals surface area contributed by atoms with E-state index in [2.05, 4.69) is 11.4 Å². The molecule has 0 fully saturated rings. The second kappa shape index (κ2) is 9.14. The van der Waals surface area contributed by atoms with Crippen LogP contribution in [0, 0.1) is 0 Å². The smallest absolute Gasteiger partial charge is 0.251 e. The molecule has 0 atom stereocenters. The molecule has 2 amide bonds. The zero-order chi connectivity index (χ0) is 22.7. The Kier molecular flexibility index (Phi) is 6.12. The summed E-state index contributed by atoms with van der Waals surface area (Å²) in [6, 6.07) is 19.3. The van der Waals surface area contributed by atoms with Gasteiger partial charge < -0.3 is 19.7 Å². The van der Waals surface area contributed by atoms with Crippen LogP contribution in [-0.4, -0.2) is 32.6 Å². The molecule has 0 spiro atoms. The van der Waals surface area contributed by atoms with Crippen molar-refractivity contribution < 1.29 is 19.1 Å². The summed E-state index contributed by atoms with van der Waals surface area (Å²) in [7, 11) is 3.17. The highest BCUT2D eigenvalue weighted by atomic mass is 16.5. The van der Waals surface area contributed by atoms with Gasteiger partial charge in [0.15, 0.2) is 11.5 Å². The Morgan fingerprint density at radius 3 is 2.41 bits per heavy atom. The quantitative estimate of drug-likeness (QED) is 0.636. The number of carbonyl (C=O) groups excluding carboxylic acids is 2. The summed E-state index contributed by atoms with van der Waals surface area (Å²) in [4.78, 5) is 26.2. The summed E-state index contributed by atoms with van der Waals surface area (Å²) >= 11 is 0. The summed E-state index contributed by atoms with van der Waals surface area (Å²) in [5.41, 5.74) is 5.69. The molecule has 0 unspecified atom stereocenters. The number of carbonyl (C=O) groups is 2. The Bertz CT molecular complexity index is 1150. The number of methoxy groups -OCH3 is 2. The number of nitrogens with one attached hydrogen (secondary N) is 1. The lowest BCUT2D eigenvalue weighted by atomic mass is 10.0. The van der Waals surface area contributed by atoms with Crippen LogP contribution in [-0.2, 0) is 17.8 Å². The van der Waals surface area contributed by atoms with E-state index in [1.807, 2.05) is 59.5 Å². The van der Waals surface area contributed by atoms with E-state index >= 15 is 0 Å². The zero-order valence-corrected chi connectivity index (χ0v) is 18.5. The zero-order valence-electron chi connectivity index (χ0n) is 18.5. The van der Waals surface area contributed by atoms with E-state index in [1.54, 1.807) is 21.1 Å². The highest BCUT2D eigenvalue weighted by Gasteiger charge is 2.22. The number of anilines is 1. The van der Waals surface area contributed by atoms with Gasteiger partial charge in [0.1, 0.15) is 0 Å². The number of nitrogens with zero attached hydrogens (tertiary/aromatic N) is 1. The Morgan fingerprint density at radius 1 is 0.969 bits per heavy atom. The van der Waals surface area contributed by atoms with Crippen molar-refractivity contribution in [2.45, 2.75) is 19.9 Å². The minimum Gasteiger partial charge on any atom is -0.493 e. The summed E-state index contributed by atoms with van der Waals surface area (Å²) < 4.78 is 10.7. The topological polar surface area (TPSA) is 67.9 Å². The molecule has 1 aliphatic rings. The fourth-order valence-corrected chi connectivity index (χ4v) is 4.09. The molecule has 1 heterocycles. The van der Waals surface area contributed by atoms with Gasteiger partial charge in [0, 0.05) is 36.8 Å². The third kappa shape index (κ3) is 4.17. The normalized spacial score (nSPS) is 12.3. The predicted octanol–water partition coefficient (Wildman–Crippen LogP) is 4.21. The molecule has 0 aromatic heterocycles. The van der Waals surface area contributed by atoms with Gasteiger partial charge in [0.2, 0.25) is 5.91 Å². The van der Waals surface area contributed by atoms with E-state index in [0.29, 0.717) is 23.6 Å². The predicted molar refractivity (Wildman–Crippen MR) is 124 cm³/mol. The molecule has 6 heteroatoms. The Labute approximate surface area is 187 Å². The first kappa shape index (κ1) is 21.4. The number of rotatable bonds is 6. The van der Waals surface area contributed by atoms with Crippen molar-refractivity contribution in [1.82, 2.24) is 5.32 Å². The molecule has 0 saturated carbocycles. The van der Waals surface area contributed by atoms with Crippen LogP contribution in [0.4, 0.5) is 5.69 Å². The van der Waals surface area contributed by atoms with Gasteiger partial charge in [-0.2, -0.15) is 0 Å². The van der Waals surface area contributed by atoms with Crippen molar-refractivity contribution in [3.63, 3.8) is 0 Å². The Balaban J connectivity index is 1.45. The molecule has 1 aliphatic heterocycles. The van der Waals surface area contributed by atoms with Crippen molar-refractivity contribution in [2.75, 3.05) is 25.7 Å². The van der Waals surface area contributed by atoms with Gasteiger partial charge in [0.05, 0.1) is 14.2 Å². The first-order valence-electron chi connectivity index (χ1n) is 10.5. The van der Waals surface area contributed by atoms with Gasteiger partial charge >= 0.3 is 0 Å². The van der Waals surface area contributed by atoms with Gasteiger partial charge in [-0.15, -0.1) is 0 Å². The lowest BCUT2D eigenvalue weighted by Gasteiger charge is -2.15. The third-order valence-corrected chi connectivity index (χ3v) is 5.76. The molecule has 0 saturated heterocycles. The number of hydrogen-bond acceptors (Lipinski definition) is 4. The van der Waals surface area contributed by atoms with Gasteiger partial charge in [0.25, 0.3) is 5.91 Å². The fraction of sp³-hybridized carbons (Fsp3) is 0.231. The van der Waals surface area contributed by atoms with E-state index in [0.717, 1.165) is 35.3 Å². The summed E-state index contributed by atoms with van der Waals surface area (Å²) in [6.07, 6.45) is 0.858. The van der Waals surface area contributed by atoms with Crippen molar-refractivity contribution in [1.29, 1.82) is 0 Å². The first-order chi connectivity index (χ1) is 15.5. The molecule has 164 valence electrons. The second-order valence-corrected chi connectivity index (χ2v) is 7.68. The highest BCUT2D eigenvalue weighted by molar-refractivity contribution is 5.95. The maximum Gasteiger partial charge on any atom is 0.251 e. The number of amides is 2. The minimum atomic E-state index is -0.160. The van der Waals surface area contributed by atoms with Crippen molar-refractivity contribution >= 4 is 17.5 Å². The van der Waals surface area contributed by atoms with Gasteiger partial charge in [-0.1, -0.05) is 30.3 Å². The van der Waals surface area contributed by atoms with Gasteiger partial charge in [-0.25, -0.2) is 0 Å². The first-order valence-corrected chi connectivity index (χ1v) is 10.5. The molecule has 6 nitrogen and oxygen atoms in total. The molecule has 0 radical (unpaired) electrons. The van der Waals surface area contributed by atoms with Crippen molar-refractivity contribution in [2.24, 2.45) is 0 Å². The molecular weight excluding hydrogens is 404 g/mol. The number of benzene rings is 3. The number of hydrogen-bond donors (Lipinski definition) is 1. The average molecular weight is 431 g/mol. The standard InChI is InChI=1S/C26H26N2O4/c1-17(29)28-14-13-21-15-20(11-12-23(21)28)18-7-9-19(10-8-18)26(30)27-16-22-5-4-6-24(31-2)25(22)32-3/h4-12,15H,13-14,16H2,1-3H3,(H,27,30). The molecule has 4 rings (SSSR count). The minimum absolute atomic E-state index is 0.0680. The Hall–Kier alpha value is -3.80.